The molecule has 1 aromatic heterocycles. The van der Waals surface area contributed by atoms with Crippen LogP contribution in [0.5, 0.6) is 0 Å². The standard InChI is InChI=1S/C14H16BrN3/c15-13-3-1-2-12-11(13)6-7-17-14(12)18-9-8-16-10-4-5-10/h1-3,6-7,10,16H,4-5,8-9H2,(H,17,18). The zero-order valence-electron chi connectivity index (χ0n) is 10.1. The number of rotatable bonds is 5. The summed E-state index contributed by atoms with van der Waals surface area (Å²) in [6.07, 6.45) is 4.52. The summed E-state index contributed by atoms with van der Waals surface area (Å²) in [7, 11) is 0. The third kappa shape index (κ3) is 2.65. The average molecular weight is 306 g/mol. The Hall–Kier alpha value is -1.13. The molecule has 1 aromatic carbocycles. The van der Waals surface area contributed by atoms with Gasteiger partial charge in [0.15, 0.2) is 0 Å². The van der Waals surface area contributed by atoms with Crippen LogP contribution < -0.4 is 10.6 Å². The lowest BCUT2D eigenvalue weighted by Crippen LogP contribution is -2.24. The Kier molecular flexibility index (Phi) is 3.48. The van der Waals surface area contributed by atoms with Crippen LogP contribution in [0.25, 0.3) is 10.8 Å². The van der Waals surface area contributed by atoms with Gasteiger partial charge in [0, 0.05) is 40.6 Å². The van der Waals surface area contributed by atoms with Gasteiger partial charge in [0.05, 0.1) is 0 Å². The fourth-order valence-corrected chi connectivity index (χ4v) is 2.55. The highest BCUT2D eigenvalue weighted by molar-refractivity contribution is 9.10. The van der Waals surface area contributed by atoms with Gasteiger partial charge >= 0.3 is 0 Å². The van der Waals surface area contributed by atoms with E-state index in [-0.39, 0.29) is 0 Å². The lowest BCUT2D eigenvalue weighted by molar-refractivity contribution is 0.701. The molecule has 1 saturated carbocycles. The second-order valence-electron chi connectivity index (χ2n) is 4.65. The van der Waals surface area contributed by atoms with Crippen molar-refractivity contribution >= 4 is 32.5 Å². The normalized spacial score (nSPS) is 14.9. The van der Waals surface area contributed by atoms with Gasteiger partial charge in [0.1, 0.15) is 5.82 Å². The van der Waals surface area contributed by atoms with E-state index in [4.69, 9.17) is 0 Å². The van der Waals surface area contributed by atoms with Crippen molar-refractivity contribution in [2.75, 3.05) is 18.4 Å². The van der Waals surface area contributed by atoms with E-state index in [0.717, 1.165) is 29.4 Å². The maximum Gasteiger partial charge on any atom is 0.133 e. The molecule has 3 rings (SSSR count). The van der Waals surface area contributed by atoms with Crippen molar-refractivity contribution in [2.45, 2.75) is 18.9 Å². The van der Waals surface area contributed by atoms with E-state index in [1.54, 1.807) is 0 Å². The van der Waals surface area contributed by atoms with Gasteiger partial charge in [-0.1, -0.05) is 28.1 Å². The fourth-order valence-electron chi connectivity index (χ4n) is 2.05. The first-order valence-electron chi connectivity index (χ1n) is 6.35. The van der Waals surface area contributed by atoms with E-state index in [9.17, 15) is 0 Å². The number of hydrogen-bond donors (Lipinski definition) is 2. The quantitative estimate of drug-likeness (QED) is 0.833. The van der Waals surface area contributed by atoms with E-state index in [1.807, 2.05) is 18.3 Å². The monoisotopic (exact) mass is 305 g/mol. The number of nitrogens with zero attached hydrogens (tertiary/aromatic N) is 1. The second-order valence-corrected chi connectivity index (χ2v) is 5.50. The maximum absolute atomic E-state index is 4.42. The molecular formula is C14H16BrN3. The molecule has 0 aliphatic heterocycles. The third-order valence-corrected chi connectivity index (χ3v) is 3.87. The topological polar surface area (TPSA) is 37.0 Å². The second kappa shape index (κ2) is 5.24. The predicted octanol–water partition coefficient (Wildman–Crippen LogP) is 3.16. The molecule has 0 amide bonds. The molecular weight excluding hydrogens is 290 g/mol. The molecule has 3 nitrogen and oxygen atoms in total. The number of benzene rings is 1. The largest absolute Gasteiger partial charge is 0.368 e. The molecule has 2 N–H and O–H groups in total. The van der Waals surface area contributed by atoms with Crippen LogP contribution >= 0.6 is 15.9 Å². The summed E-state index contributed by atoms with van der Waals surface area (Å²) in [5.41, 5.74) is 0. The number of fused-ring (bicyclic) bond motifs is 1. The SMILES string of the molecule is Brc1cccc2c(NCCNC3CC3)nccc12. The molecule has 0 spiro atoms. The molecule has 2 aromatic rings. The lowest BCUT2D eigenvalue weighted by Gasteiger charge is -2.09. The first-order valence-corrected chi connectivity index (χ1v) is 7.14. The van der Waals surface area contributed by atoms with Gasteiger partial charge < -0.3 is 10.6 Å². The first kappa shape index (κ1) is 11.9. The number of nitrogens with one attached hydrogen (secondary N) is 2. The molecule has 1 aliphatic carbocycles. The average Bonchev–Trinajstić information content (AvgIpc) is 3.20. The van der Waals surface area contributed by atoms with Crippen LogP contribution in [0.4, 0.5) is 5.82 Å². The lowest BCUT2D eigenvalue weighted by atomic mass is 10.1. The summed E-state index contributed by atoms with van der Waals surface area (Å²) in [5.74, 6) is 0.964. The van der Waals surface area contributed by atoms with Crippen LogP contribution in [0, 0.1) is 0 Å². The van der Waals surface area contributed by atoms with Crippen LogP contribution in [0.15, 0.2) is 34.9 Å². The number of pyridine rings is 1. The highest BCUT2D eigenvalue weighted by Gasteiger charge is 2.19. The van der Waals surface area contributed by atoms with Crippen LogP contribution in [0.3, 0.4) is 0 Å². The van der Waals surface area contributed by atoms with Gasteiger partial charge in [-0.25, -0.2) is 4.98 Å². The van der Waals surface area contributed by atoms with Gasteiger partial charge in [-0.3, -0.25) is 0 Å². The molecule has 0 radical (unpaired) electrons. The van der Waals surface area contributed by atoms with E-state index < -0.39 is 0 Å². The summed E-state index contributed by atoms with van der Waals surface area (Å²) < 4.78 is 1.11. The van der Waals surface area contributed by atoms with Crippen molar-refractivity contribution in [3.8, 4) is 0 Å². The zero-order valence-corrected chi connectivity index (χ0v) is 11.7. The molecule has 0 atom stereocenters. The first-order chi connectivity index (χ1) is 8.84. The Morgan fingerprint density at radius 3 is 2.89 bits per heavy atom. The molecule has 1 aliphatic rings. The van der Waals surface area contributed by atoms with Gasteiger partial charge in [-0.15, -0.1) is 0 Å². The molecule has 1 fully saturated rings. The van der Waals surface area contributed by atoms with Crippen LogP contribution in [-0.2, 0) is 0 Å². The van der Waals surface area contributed by atoms with Gasteiger partial charge in [0.2, 0.25) is 0 Å². The summed E-state index contributed by atoms with van der Waals surface area (Å²) in [6.45, 7) is 1.91. The van der Waals surface area contributed by atoms with Crippen LogP contribution in [0.1, 0.15) is 12.8 Å². The minimum absolute atomic E-state index is 0.765. The smallest absolute Gasteiger partial charge is 0.133 e. The Labute approximate surface area is 115 Å². The van der Waals surface area contributed by atoms with Crippen LogP contribution in [0.2, 0.25) is 0 Å². The predicted molar refractivity (Wildman–Crippen MR) is 79.0 cm³/mol. The van der Waals surface area contributed by atoms with Gasteiger partial charge in [0.25, 0.3) is 0 Å². The third-order valence-electron chi connectivity index (χ3n) is 3.18. The van der Waals surface area contributed by atoms with Crippen LogP contribution in [-0.4, -0.2) is 24.1 Å². The van der Waals surface area contributed by atoms with E-state index in [2.05, 4.69) is 43.7 Å². The summed E-state index contributed by atoms with van der Waals surface area (Å²) in [6, 6.07) is 9.00. The Morgan fingerprint density at radius 1 is 1.17 bits per heavy atom. The van der Waals surface area contributed by atoms with Crippen molar-refractivity contribution in [2.24, 2.45) is 0 Å². The van der Waals surface area contributed by atoms with Crippen molar-refractivity contribution in [1.82, 2.24) is 10.3 Å². The molecule has 0 saturated heterocycles. The minimum atomic E-state index is 0.765. The molecule has 18 heavy (non-hydrogen) atoms. The fraction of sp³-hybridized carbons (Fsp3) is 0.357. The van der Waals surface area contributed by atoms with E-state index in [0.29, 0.717) is 0 Å². The van der Waals surface area contributed by atoms with Crippen molar-refractivity contribution in [1.29, 1.82) is 0 Å². The van der Waals surface area contributed by atoms with E-state index >= 15 is 0 Å². The van der Waals surface area contributed by atoms with Gasteiger partial charge in [-0.2, -0.15) is 0 Å². The molecule has 0 bridgehead atoms. The van der Waals surface area contributed by atoms with Crippen molar-refractivity contribution in [3.63, 3.8) is 0 Å². The van der Waals surface area contributed by atoms with Crippen molar-refractivity contribution < 1.29 is 0 Å². The molecule has 1 heterocycles. The minimum Gasteiger partial charge on any atom is -0.368 e. The highest BCUT2D eigenvalue weighted by Crippen LogP contribution is 2.27. The number of anilines is 1. The summed E-state index contributed by atoms with van der Waals surface area (Å²) >= 11 is 3.57. The number of aromatic nitrogens is 1. The molecule has 0 unspecified atom stereocenters. The highest BCUT2D eigenvalue weighted by atomic mass is 79.9. The summed E-state index contributed by atoms with van der Waals surface area (Å²) in [5, 5.41) is 9.25. The zero-order chi connectivity index (χ0) is 12.4. The van der Waals surface area contributed by atoms with E-state index in [1.165, 1.54) is 23.6 Å². The number of hydrogen-bond acceptors (Lipinski definition) is 3. The Balaban J connectivity index is 1.72. The Morgan fingerprint density at radius 2 is 2.06 bits per heavy atom. The molecule has 4 heteroatoms. The maximum atomic E-state index is 4.42. The number of halogens is 1. The summed E-state index contributed by atoms with van der Waals surface area (Å²) in [4.78, 5) is 4.42. The van der Waals surface area contributed by atoms with Crippen molar-refractivity contribution in [3.05, 3.63) is 34.9 Å². The molecule has 94 valence electrons. The Bertz CT molecular complexity index is 552. The van der Waals surface area contributed by atoms with Gasteiger partial charge in [-0.05, 0) is 25.0 Å².